The van der Waals surface area contributed by atoms with E-state index in [2.05, 4.69) is 4.99 Å². The number of rotatable bonds is 4. The van der Waals surface area contributed by atoms with Crippen molar-refractivity contribution in [3.8, 4) is 5.75 Å². The fourth-order valence-electron chi connectivity index (χ4n) is 3.04. The summed E-state index contributed by atoms with van der Waals surface area (Å²) in [7, 11) is 1.60. The Kier molecular flexibility index (Phi) is 5.36. The van der Waals surface area contributed by atoms with Crippen LogP contribution in [-0.4, -0.2) is 40.9 Å². The summed E-state index contributed by atoms with van der Waals surface area (Å²) in [6.45, 7) is 5.39. The van der Waals surface area contributed by atoms with Gasteiger partial charge in [-0.15, -0.1) is 0 Å². The van der Waals surface area contributed by atoms with Crippen LogP contribution < -0.4 is 4.74 Å². The van der Waals surface area contributed by atoms with E-state index in [1.54, 1.807) is 32.8 Å². The quantitative estimate of drug-likeness (QED) is 0.757. The lowest BCUT2D eigenvalue weighted by atomic mass is 9.94. The molecule has 1 saturated heterocycles. The van der Waals surface area contributed by atoms with Crippen LogP contribution in [0.3, 0.4) is 0 Å². The normalized spacial score (nSPS) is 20.0. The molecule has 2 aliphatic heterocycles. The summed E-state index contributed by atoms with van der Waals surface area (Å²) in [4.78, 5) is 31.6. The second-order valence-electron chi connectivity index (χ2n) is 6.39. The minimum absolute atomic E-state index is 0.0364. The van der Waals surface area contributed by atoms with Crippen molar-refractivity contribution < 1.29 is 19.1 Å². The smallest absolute Gasteiger partial charge is 0.338 e. The van der Waals surface area contributed by atoms with Crippen LogP contribution in [0.25, 0.3) is 0 Å². The van der Waals surface area contributed by atoms with Gasteiger partial charge in [-0.1, -0.05) is 23.9 Å². The zero-order valence-corrected chi connectivity index (χ0v) is 16.1. The van der Waals surface area contributed by atoms with Gasteiger partial charge in [0.1, 0.15) is 5.75 Å². The SMILES string of the molecule is COc1ccc([C@@H]2C(C(=O)OC(C)C)=C(C)N=C3SCCC(=O)N32)cc1. The molecule has 2 heterocycles. The highest BCUT2D eigenvalue weighted by Gasteiger charge is 2.41. The molecule has 1 aromatic carbocycles. The molecule has 0 spiro atoms. The van der Waals surface area contributed by atoms with E-state index in [4.69, 9.17) is 9.47 Å². The van der Waals surface area contributed by atoms with Gasteiger partial charge in [0, 0.05) is 12.2 Å². The van der Waals surface area contributed by atoms with E-state index < -0.39 is 12.0 Å². The molecule has 0 aromatic heterocycles. The Balaban J connectivity index is 2.11. The van der Waals surface area contributed by atoms with Crippen molar-refractivity contribution in [1.29, 1.82) is 0 Å². The van der Waals surface area contributed by atoms with Crippen molar-refractivity contribution in [2.45, 2.75) is 39.3 Å². The van der Waals surface area contributed by atoms with Crippen molar-refractivity contribution in [2.24, 2.45) is 4.99 Å². The predicted molar refractivity (Wildman–Crippen MR) is 101 cm³/mol. The highest BCUT2D eigenvalue weighted by atomic mass is 32.2. The van der Waals surface area contributed by atoms with Crippen LogP contribution in [0.2, 0.25) is 0 Å². The number of amides is 1. The van der Waals surface area contributed by atoms with E-state index in [-0.39, 0.29) is 12.0 Å². The van der Waals surface area contributed by atoms with Crippen LogP contribution in [0.15, 0.2) is 40.5 Å². The highest BCUT2D eigenvalue weighted by molar-refractivity contribution is 8.14. The van der Waals surface area contributed by atoms with E-state index in [1.165, 1.54) is 11.8 Å². The number of carbonyl (C=O) groups excluding carboxylic acids is 2. The molecule has 0 radical (unpaired) electrons. The third-order valence-electron chi connectivity index (χ3n) is 4.20. The molecule has 2 aliphatic rings. The van der Waals surface area contributed by atoms with Gasteiger partial charge in [0.25, 0.3) is 0 Å². The molecule has 6 nitrogen and oxygen atoms in total. The number of amidine groups is 1. The van der Waals surface area contributed by atoms with Gasteiger partial charge in [-0.3, -0.25) is 9.69 Å². The first-order valence-electron chi connectivity index (χ1n) is 8.51. The molecular formula is C19H22N2O4S. The first kappa shape index (κ1) is 18.5. The highest BCUT2D eigenvalue weighted by Crippen LogP contribution is 2.40. The van der Waals surface area contributed by atoms with Crippen molar-refractivity contribution in [3.63, 3.8) is 0 Å². The van der Waals surface area contributed by atoms with Crippen molar-refractivity contribution in [2.75, 3.05) is 12.9 Å². The molecule has 1 aromatic rings. The number of esters is 1. The summed E-state index contributed by atoms with van der Waals surface area (Å²) in [5.74, 6) is 0.933. The number of hydrogen-bond donors (Lipinski definition) is 0. The van der Waals surface area contributed by atoms with Gasteiger partial charge in [-0.2, -0.15) is 0 Å². The number of benzene rings is 1. The number of carbonyl (C=O) groups is 2. The maximum atomic E-state index is 12.8. The van der Waals surface area contributed by atoms with Gasteiger partial charge in [-0.25, -0.2) is 9.79 Å². The monoisotopic (exact) mass is 374 g/mol. The van der Waals surface area contributed by atoms with E-state index in [1.807, 2.05) is 24.3 Å². The Morgan fingerprint density at radius 1 is 1.31 bits per heavy atom. The Bertz CT molecular complexity index is 783. The van der Waals surface area contributed by atoms with E-state index >= 15 is 0 Å². The van der Waals surface area contributed by atoms with Crippen LogP contribution in [0, 0.1) is 0 Å². The molecule has 0 bridgehead atoms. The Morgan fingerprint density at radius 3 is 2.62 bits per heavy atom. The van der Waals surface area contributed by atoms with Crippen LogP contribution in [0.4, 0.5) is 0 Å². The van der Waals surface area contributed by atoms with Crippen molar-refractivity contribution in [3.05, 3.63) is 41.1 Å². The molecule has 0 unspecified atom stereocenters. The lowest BCUT2D eigenvalue weighted by molar-refractivity contribution is -0.143. The van der Waals surface area contributed by atoms with Gasteiger partial charge < -0.3 is 9.47 Å². The second-order valence-corrected chi connectivity index (χ2v) is 7.45. The number of fused-ring (bicyclic) bond motifs is 1. The summed E-state index contributed by atoms with van der Waals surface area (Å²) in [6, 6.07) is 6.84. The topological polar surface area (TPSA) is 68.2 Å². The number of nitrogens with zero attached hydrogens (tertiary/aromatic N) is 2. The van der Waals surface area contributed by atoms with Crippen LogP contribution >= 0.6 is 11.8 Å². The van der Waals surface area contributed by atoms with Gasteiger partial charge in [-0.05, 0) is 38.5 Å². The Morgan fingerprint density at radius 2 is 2.00 bits per heavy atom. The zero-order chi connectivity index (χ0) is 18.8. The Hall–Kier alpha value is -2.28. The minimum atomic E-state index is -0.542. The molecule has 0 saturated carbocycles. The van der Waals surface area contributed by atoms with Crippen LogP contribution in [0.5, 0.6) is 5.75 Å². The molecule has 26 heavy (non-hydrogen) atoms. The molecule has 0 aliphatic carbocycles. The fourth-order valence-corrected chi connectivity index (χ4v) is 4.04. The van der Waals surface area contributed by atoms with Crippen LogP contribution in [0.1, 0.15) is 38.8 Å². The number of allylic oxidation sites excluding steroid dienone is 1. The number of ether oxygens (including phenoxy) is 2. The summed E-state index contributed by atoms with van der Waals surface area (Å²) in [5, 5.41) is 0.640. The van der Waals surface area contributed by atoms with E-state index in [9.17, 15) is 9.59 Å². The van der Waals surface area contributed by atoms with E-state index in [0.29, 0.717) is 34.4 Å². The Labute approximate surface area is 157 Å². The third-order valence-corrected chi connectivity index (χ3v) is 5.16. The lowest BCUT2D eigenvalue weighted by Gasteiger charge is -2.39. The zero-order valence-electron chi connectivity index (χ0n) is 15.3. The van der Waals surface area contributed by atoms with Gasteiger partial charge >= 0.3 is 5.97 Å². The second kappa shape index (κ2) is 7.53. The maximum Gasteiger partial charge on any atom is 0.338 e. The first-order chi connectivity index (χ1) is 12.4. The molecule has 0 N–H and O–H groups in total. The predicted octanol–water partition coefficient (Wildman–Crippen LogP) is 3.30. The standard InChI is InChI=1S/C19H22N2O4S/c1-11(2)25-18(23)16-12(3)20-19-21(15(22)9-10-26-19)17(16)13-5-7-14(24-4)8-6-13/h5-8,11,17H,9-10H2,1-4H3/t17-/m1/s1. The first-order valence-corrected chi connectivity index (χ1v) is 9.50. The molecule has 1 amide bonds. The number of thioether (sulfide) groups is 1. The molecule has 1 fully saturated rings. The summed E-state index contributed by atoms with van der Waals surface area (Å²) >= 11 is 1.53. The molecule has 7 heteroatoms. The minimum Gasteiger partial charge on any atom is -0.497 e. The lowest BCUT2D eigenvalue weighted by Crippen LogP contribution is -2.46. The number of hydrogen-bond acceptors (Lipinski definition) is 6. The van der Waals surface area contributed by atoms with E-state index in [0.717, 1.165) is 5.56 Å². The third kappa shape index (κ3) is 3.49. The van der Waals surface area contributed by atoms with Gasteiger partial charge in [0.05, 0.1) is 30.5 Å². The summed E-state index contributed by atoms with van der Waals surface area (Å²) in [5.41, 5.74) is 1.82. The van der Waals surface area contributed by atoms with Crippen molar-refractivity contribution >= 4 is 28.8 Å². The maximum absolute atomic E-state index is 12.8. The molecule has 3 rings (SSSR count). The fraction of sp³-hybridized carbons (Fsp3) is 0.421. The molecular weight excluding hydrogens is 352 g/mol. The molecule has 1 atom stereocenters. The van der Waals surface area contributed by atoms with Gasteiger partial charge in [0.15, 0.2) is 5.17 Å². The van der Waals surface area contributed by atoms with Crippen LogP contribution in [-0.2, 0) is 14.3 Å². The van der Waals surface area contributed by atoms with Crippen molar-refractivity contribution in [1.82, 2.24) is 4.90 Å². The molecule has 138 valence electrons. The van der Waals surface area contributed by atoms with Gasteiger partial charge in [0.2, 0.25) is 5.91 Å². The average Bonchev–Trinajstić information content (AvgIpc) is 2.60. The summed E-state index contributed by atoms with van der Waals surface area (Å²) in [6.07, 6.45) is 0.165. The summed E-state index contributed by atoms with van der Waals surface area (Å²) < 4.78 is 10.7. The largest absolute Gasteiger partial charge is 0.497 e. The average molecular weight is 374 g/mol. The number of methoxy groups -OCH3 is 1. The number of aliphatic imine (C=N–C) groups is 1.